The molecule has 2 aromatic rings. The van der Waals surface area contributed by atoms with Crippen molar-refractivity contribution in [3.8, 4) is 5.75 Å². The van der Waals surface area contributed by atoms with E-state index in [0.29, 0.717) is 0 Å². The smallest absolute Gasteiger partial charge is 0.171 e. The van der Waals surface area contributed by atoms with Crippen LogP contribution in [-0.4, -0.2) is 44.2 Å². The van der Waals surface area contributed by atoms with Crippen LogP contribution in [0.15, 0.2) is 30.5 Å². The third kappa shape index (κ3) is 2.30. The monoisotopic (exact) mass is 300 g/mol. The van der Waals surface area contributed by atoms with Crippen molar-refractivity contribution in [1.82, 2.24) is 4.98 Å². The van der Waals surface area contributed by atoms with Crippen LogP contribution >= 0.6 is 0 Å². The van der Waals surface area contributed by atoms with Gasteiger partial charge in [-0.25, -0.2) is 0 Å². The summed E-state index contributed by atoms with van der Waals surface area (Å²) in [6.07, 6.45) is 3.68. The van der Waals surface area contributed by atoms with E-state index in [1.807, 2.05) is 18.3 Å². The van der Waals surface area contributed by atoms with E-state index >= 15 is 0 Å². The van der Waals surface area contributed by atoms with E-state index in [-0.39, 0.29) is 5.79 Å². The number of rotatable bonds is 2. The minimum atomic E-state index is -0.336. The first-order valence-corrected chi connectivity index (χ1v) is 7.75. The standard InChI is InChI=1S/C17H20N2O3/c1-20-13-2-3-15-14(12-13)16(4-7-18-15)19-8-5-17(6-9-19)21-10-11-22-17/h2-4,7,12H,5-6,8-11H2,1H3. The van der Waals surface area contributed by atoms with Crippen molar-refractivity contribution in [2.45, 2.75) is 18.6 Å². The molecule has 116 valence electrons. The lowest BCUT2D eigenvalue weighted by Gasteiger charge is -2.39. The van der Waals surface area contributed by atoms with Crippen LogP contribution in [0.25, 0.3) is 10.9 Å². The number of fused-ring (bicyclic) bond motifs is 1. The Hall–Kier alpha value is -1.85. The number of hydrogen-bond acceptors (Lipinski definition) is 5. The molecule has 2 fully saturated rings. The van der Waals surface area contributed by atoms with E-state index < -0.39 is 0 Å². The number of methoxy groups -OCH3 is 1. The van der Waals surface area contributed by atoms with E-state index in [1.165, 1.54) is 5.69 Å². The minimum absolute atomic E-state index is 0.336. The second kappa shape index (κ2) is 5.41. The van der Waals surface area contributed by atoms with Crippen LogP contribution in [0.4, 0.5) is 5.69 Å². The van der Waals surface area contributed by atoms with Gasteiger partial charge in [0.2, 0.25) is 0 Å². The molecule has 0 saturated carbocycles. The number of nitrogens with zero attached hydrogens (tertiary/aromatic N) is 2. The molecule has 0 radical (unpaired) electrons. The fourth-order valence-electron chi connectivity index (χ4n) is 3.39. The molecule has 2 aliphatic heterocycles. The zero-order valence-corrected chi connectivity index (χ0v) is 12.7. The molecule has 1 aromatic heterocycles. The normalized spacial score (nSPS) is 20.7. The van der Waals surface area contributed by atoms with Crippen molar-refractivity contribution < 1.29 is 14.2 Å². The summed E-state index contributed by atoms with van der Waals surface area (Å²) in [4.78, 5) is 6.84. The molecule has 0 unspecified atom stereocenters. The molecule has 0 aliphatic carbocycles. The van der Waals surface area contributed by atoms with E-state index in [0.717, 1.165) is 55.8 Å². The largest absolute Gasteiger partial charge is 0.497 e. The molecule has 5 nitrogen and oxygen atoms in total. The van der Waals surface area contributed by atoms with Gasteiger partial charge in [0.05, 0.1) is 25.8 Å². The molecule has 5 heteroatoms. The van der Waals surface area contributed by atoms with E-state index in [9.17, 15) is 0 Å². The second-order valence-electron chi connectivity index (χ2n) is 5.81. The third-order valence-corrected chi connectivity index (χ3v) is 4.61. The molecule has 2 aliphatic rings. The molecule has 1 spiro atoms. The van der Waals surface area contributed by atoms with Gasteiger partial charge in [-0.05, 0) is 24.3 Å². The lowest BCUT2D eigenvalue weighted by atomic mass is 10.0. The Bertz CT molecular complexity index is 673. The van der Waals surface area contributed by atoms with Gasteiger partial charge in [-0.2, -0.15) is 0 Å². The summed E-state index contributed by atoms with van der Waals surface area (Å²) in [5.74, 6) is 0.523. The third-order valence-electron chi connectivity index (χ3n) is 4.61. The Balaban J connectivity index is 1.64. The van der Waals surface area contributed by atoms with Crippen LogP contribution in [0.1, 0.15) is 12.8 Å². The average Bonchev–Trinajstić information content (AvgIpc) is 3.03. The first-order chi connectivity index (χ1) is 10.8. The van der Waals surface area contributed by atoms with Crippen LogP contribution in [0.5, 0.6) is 5.75 Å². The molecule has 2 saturated heterocycles. The van der Waals surface area contributed by atoms with Gasteiger partial charge < -0.3 is 19.1 Å². The summed E-state index contributed by atoms with van der Waals surface area (Å²) in [6, 6.07) is 8.09. The number of benzene rings is 1. The highest BCUT2D eigenvalue weighted by Crippen LogP contribution is 2.35. The van der Waals surface area contributed by atoms with Crippen molar-refractivity contribution in [2.24, 2.45) is 0 Å². The number of anilines is 1. The lowest BCUT2D eigenvalue weighted by molar-refractivity contribution is -0.169. The first-order valence-electron chi connectivity index (χ1n) is 7.75. The predicted octanol–water partition coefficient (Wildman–Crippen LogP) is 2.59. The summed E-state index contributed by atoms with van der Waals surface area (Å²) < 4.78 is 17.0. The molecule has 1 aromatic carbocycles. The fraction of sp³-hybridized carbons (Fsp3) is 0.471. The van der Waals surface area contributed by atoms with Crippen LogP contribution in [0.3, 0.4) is 0 Å². The molecule has 22 heavy (non-hydrogen) atoms. The van der Waals surface area contributed by atoms with Crippen molar-refractivity contribution in [2.75, 3.05) is 38.3 Å². The second-order valence-corrected chi connectivity index (χ2v) is 5.81. The van der Waals surface area contributed by atoms with Crippen molar-refractivity contribution in [3.63, 3.8) is 0 Å². The van der Waals surface area contributed by atoms with Crippen molar-refractivity contribution in [1.29, 1.82) is 0 Å². The Labute approximate surface area is 129 Å². The van der Waals surface area contributed by atoms with Gasteiger partial charge in [-0.3, -0.25) is 4.98 Å². The summed E-state index contributed by atoms with van der Waals surface area (Å²) in [7, 11) is 1.69. The predicted molar refractivity (Wildman–Crippen MR) is 84.4 cm³/mol. The van der Waals surface area contributed by atoms with Gasteiger partial charge in [-0.15, -0.1) is 0 Å². The molecule has 0 atom stereocenters. The Kier molecular flexibility index (Phi) is 3.39. The molecule has 0 bridgehead atoms. The number of piperidine rings is 1. The molecule has 3 heterocycles. The number of aromatic nitrogens is 1. The van der Waals surface area contributed by atoms with Gasteiger partial charge in [0.15, 0.2) is 5.79 Å². The van der Waals surface area contributed by atoms with Crippen LogP contribution < -0.4 is 9.64 Å². The molecular formula is C17H20N2O3. The zero-order chi connectivity index (χ0) is 15.0. The quantitative estimate of drug-likeness (QED) is 0.853. The summed E-state index contributed by atoms with van der Waals surface area (Å²) in [6.45, 7) is 3.29. The maximum atomic E-state index is 5.81. The topological polar surface area (TPSA) is 43.8 Å². The highest BCUT2D eigenvalue weighted by atomic mass is 16.7. The van der Waals surface area contributed by atoms with Gasteiger partial charge in [0.25, 0.3) is 0 Å². The number of hydrogen-bond donors (Lipinski definition) is 0. The lowest BCUT2D eigenvalue weighted by Crippen LogP contribution is -2.45. The number of ether oxygens (including phenoxy) is 3. The Morgan fingerprint density at radius 1 is 1.14 bits per heavy atom. The van der Waals surface area contributed by atoms with E-state index in [2.05, 4.69) is 22.0 Å². The Morgan fingerprint density at radius 3 is 2.64 bits per heavy atom. The van der Waals surface area contributed by atoms with E-state index in [1.54, 1.807) is 7.11 Å². The average molecular weight is 300 g/mol. The highest BCUT2D eigenvalue weighted by molar-refractivity contribution is 5.92. The maximum Gasteiger partial charge on any atom is 0.171 e. The summed E-state index contributed by atoms with van der Waals surface area (Å²) in [5, 5.41) is 1.13. The molecule has 4 rings (SSSR count). The van der Waals surface area contributed by atoms with Crippen LogP contribution in [0.2, 0.25) is 0 Å². The Morgan fingerprint density at radius 2 is 1.91 bits per heavy atom. The van der Waals surface area contributed by atoms with E-state index in [4.69, 9.17) is 14.2 Å². The van der Waals surface area contributed by atoms with Gasteiger partial charge in [0, 0.05) is 43.2 Å². The highest BCUT2D eigenvalue weighted by Gasteiger charge is 2.40. The van der Waals surface area contributed by atoms with Crippen LogP contribution in [0, 0.1) is 0 Å². The molecule has 0 amide bonds. The number of pyridine rings is 1. The van der Waals surface area contributed by atoms with Gasteiger partial charge >= 0.3 is 0 Å². The van der Waals surface area contributed by atoms with Crippen molar-refractivity contribution in [3.05, 3.63) is 30.5 Å². The minimum Gasteiger partial charge on any atom is -0.497 e. The fourth-order valence-corrected chi connectivity index (χ4v) is 3.39. The first kappa shape index (κ1) is 13.8. The molecular weight excluding hydrogens is 280 g/mol. The van der Waals surface area contributed by atoms with Gasteiger partial charge in [-0.1, -0.05) is 0 Å². The van der Waals surface area contributed by atoms with Gasteiger partial charge in [0.1, 0.15) is 5.75 Å². The maximum absolute atomic E-state index is 5.81. The SMILES string of the molecule is COc1ccc2nccc(N3CCC4(CC3)OCCO4)c2c1. The van der Waals surface area contributed by atoms with Crippen molar-refractivity contribution >= 4 is 16.6 Å². The van der Waals surface area contributed by atoms with Crippen LogP contribution in [-0.2, 0) is 9.47 Å². The molecule has 0 N–H and O–H groups in total. The zero-order valence-electron chi connectivity index (χ0n) is 12.7. The summed E-state index contributed by atoms with van der Waals surface area (Å²) in [5.41, 5.74) is 2.20. The summed E-state index contributed by atoms with van der Waals surface area (Å²) >= 11 is 0.